The topological polar surface area (TPSA) is 87.2 Å². The van der Waals surface area contributed by atoms with E-state index in [-0.39, 0.29) is 24.3 Å². The Balaban J connectivity index is 1.59. The number of hydrogen-bond acceptors (Lipinski definition) is 7. The van der Waals surface area contributed by atoms with Gasteiger partial charge in [0, 0.05) is 72.2 Å². The van der Waals surface area contributed by atoms with Crippen molar-refractivity contribution in [1.29, 1.82) is 0 Å². The number of nitrogens with zero attached hydrogens (tertiary/aromatic N) is 3. The first kappa shape index (κ1) is 34.2. The van der Waals surface area contributed by atoms with Crippen LogP contribution in [-0.4, -0.2) is 49.0 Å². The molecule has 1 saturated heterocycles. The minimum Gasteiger partial charge on any atom is -0.372 e. The van der Waals surface area contributed by atoms with Gasteiger partial charge in [-0.2, -0.15) is 0 Å². The predicted octanol–water partition coefficient (Wildman–Crippen LogP) is 6.35. The van der Waals surface area contributed by atoms with E-state index in [1.54, 1.807) is 12.1 Å². The van der Waals surface area contributed by atoms with E-state index in [4.69, 9.17) is 4.84 Å². The second-order valence-electron chi connectivity index (χ2n) is 12.7. The predicted molar refractivity (Wildman–Crippen MR) is 196 cm³/mol. The van der Waals surface area contributed by atoms with Gasteiger partial charge in [-0.15, -0.1) is 5.06 Å². The number of benzene rings is 4. The lowest BCUT2D eigenvalue weighted by Crippen LogP contribution is -2.38. The molecule has 0 spiro atoms. The molecule has 0 unspecified atom stereocenters. The fourth-order valence-corrected chi connectivity index (χ4v) is 10.7. The first-order valence-corrected chi connectivity index (χ1v) is 18.9. The number of fused-ring (bicyclic) bond motifs is 2. The molecule has 49 heavy (non-hydrogen) atoms. The first-order chi connectivity index (χ1) is 23.6. The Labute approximate surface area is 289 Å². The molecule has 4 aromatic rings. The van der Waals surface area contributed by atoms with E-state index in [0.717, 1.165) is 81.3 Å². The van der Waals surface area contributed by atoms with Crippen LogP contribution >= 0.6 is 7.14 Å². The Hall–Kier alpha value is -4.68. The molecule has 1 fully saturated rings. The Kier molecular flexibility index (Phi) is 9.54. The van der Waals surface area contributed by atoms with Gasteiger partial charge < -0.3 is 19.2 Å². The van der Waals surface area contributed by atoms with Crippen LogP contribution in [0.1, 0.15) is 84.6 Å². The van der Waals surface area contributed by atoms with E-state index in [9.17, 15) is 14.4 Å². The number of amides is 2. The van der Waals surface area contributed by atoms with Crippen molar-refractivity contribution in [2.45, 2.75) is 60.3 Å². The molecule has 8 nitrogen and oxygen atoms in total. The number of hydrogen-bond donors (Lipinski definition) is 0. The van der Waals surface area contributed by atoms with Crippen molar-refractivity contribution >= 4 is 52.2 Å². The van der Waals surface area contributed by atoms with Crippen LogP contribution in [0.15, 0.2) is 78.9 Å². The molecule has 2 aliphatic heterocycles. The fourth-order valence-electron chi connectivity index (χ4n) is 7.53. The first-order valence-electron chi connectivity index (χ1n) is 17.2. The molecule has 0 aliphatic carbocycles. The van der Waals surface area contributed by atoms with Gasteiger partial charge in [-0.3, -0.25) is 9.59 Å². The molecule has 2 aliphatic rings. The van der Waals surface area contributed by atoms with Crippen LogP contribution in [0, 0.1) is 13.8 Å². The van der Waals surface area contributed by atoms with Crippen molar-refractivity contribution in [3.63, 3.8) is 0 Å². The summed E-state index contributed by atoms with van der Waals surface area (Å²) >= 11 is 0. The number of carbonyl (C=O) groups excluding carboxylic acids is 3. The molecule has 9 heteroatoms. The second-order valence-corrected chi connectivity index (χ2v) is 15.4. The van der Waals surface area contributed by atoms with E-state index in [1.807, 2.05) is 44.2 Å². The maximum atomic E-state index is 16.1. The maximum absolute atomic E-state index is 16.1. The summed E-state index contributed by atoms with van der Waals surface area (Å²) in [5, 5.41) is 3.02. The van der Waals surface area contributed by atoms with Crippen molar-refractivity contribution in [3.8, 4) is 0 Å². The standard InChI is InChI=1S/C40H44N3O5P/c1-7-41(8-2)29-16-18-32-34(24-29)49(47,31-14-12-11-13-15-31)35-25-30(42(9-3)10-4)17-19-33(35)39(32)38-26(5)22-28(23-27(38)6)40(46)48-43-36(44)20-21-37(43)45/h11-19,22-25,39H,7-10,20-21H2,1-6H3. The summed E-state index contributed by atoms with van der Waals surface area (Å²) in [6, 6.07) is 26.1. The zero-order valence-corrected chi connectivity index (χ0v) is 30.1. The van der Waals surface area contributed by atoms with Crippen LogP contribution in [0.25, 0.3) is 0 Å². The fraction of sp³-hybridized carbons (Fsp3) is 0.325. The molecular formula is C40H44N3O5P. The molecule has 254 valence electrons. The smallest absolute Gasteiger partial charge is 0.363 e. The summed E-state index contributed by atoms with van der Waals surface area (Å²) < 4.78 is 16.1. The van der Waals surface area contributed by atoms with Gasteiger partial charge in [0.15, 0.2) is 7.14 Å². The maximum Gasteiger partial charge on any atom is 0.363 e. The third-order valence-corrected chi connectivity index (χ3v) is 13.2. The molecule has 0 saturated carbocycles. The summed E-state index contributed by atoms with van der Waals surface area (Å²) in [5.74, 6) is -2.06. The van der Waals surface area contributed by atoms with E-state index < -0.39 is 24.9 Å². The number of hydroxylamine groups is 2. The third-order valence-electron chi connectivity index (χ3n) is 10.0. The van der Waals surface area contributed by atoms with Crippen LogP contribution in [-0.2, 0) is 19.0 Å². The highest BCUT2D eigenvalue weighted by Crippen LogP contribution is 2.54. The molecule has 0 N–H and O–H groups in total. The molecule has 2 amide bonds. The van der Waals surface area contributed by atoms with Crippen molar-refractivity contribution in [2.24, 2.45) is 0 Å². The molecule has 4 aromatic carbocycles. The third kappa shape index (κ3) is 5.86. The highest BCUT2D eigenvalue weighted by atomic mass is 31.2. The number of carbonyl (C=O) groups is 3. The van der Waals surface area contributed by atoms with Gasteiger partial charge in [-0.1, -0.05) is 42.5 Å². The average Bonchev–Trinajstić information content (AvgIpc) is 3.43. The lowest BCUT2D eigenvalue weighted by molar-refractivity contribution is -0.172. The number of aryl methyl sites for hydroxylation is 2. The van der Waals surface area contributed by atoms with Gasteiger partial charge in [-0.25, -0.2) is 4.79 Å². The molecule has 0 aromatic heterocycles. The van der Waals surface area contributed by atoms with E-state index in [0.29, 0.717) is 5.06 Å². The molecule has 2 heterocycles. The monoisotopic (exact) mass is 677 g/mol. The lowest BCUT2D eigenvalue weighted by Gasteiger charge is -2.38. The SMILES string of the molecule is CCN(CC)c1ccc2c(c1)P(=O)(c1ccccc1)c1cc(N(CC)CC)ccc1C2c1c(C)cc(C(=O)ON2C(=O)CCC2=O)cc1C. The summed E-state index contributed by atoms with van der Waals surface area (Å²) in [4.78, 5) is 47.3. The zero-order chi connectivity index (χ0) is 35.0. The van der Waals surface area contributed by atoms with Crippen molar-refractivity contribution < 1.29 is 23.8 Å². The van der Waals surface area contributed by atoms with Crippen LogP contribution in [0.3, 0.4) is 0 Å². The minimum absolute atomic E-state index is 0.0302. The van der Waals surface area contributed by atoms with E-state index in [2.05, 4.69) is 73.9 Å². The van der Waals surface area contributed by atoms with Crippen LogP contribution in [0.4, 0.5) is 11.4 Å². The Bertz CT molecular complexity index is 1880. The van der Waals surface area contributed by atoms with Gasteiger partial charge in [0.2, 0.25) is 0 Å². The summed E-state index contributed by atoms with van der Waals surface area (Å²) in [6.07, 6.45) is 0.0603. The van der Waals surface area contributed by atoms with Crippen molar-refractivity contribution in [2.75, 3.05) is 36.0 Å². The number of rotatable bonds is 10. The lowest BCUT2D eigenvalue weighted by atomic mass is 9.79. The highest BCUT2D eigenvalue weighted by molar-refractivity contribution is 7.85. The summed E-state index contributed by atoms with van der Waals surface area (Å²) in [7, 11) is -3.36. The van der Waals surface area contributed by atoms with E-state index in [1.165, 1.54) is 0 Å². The Morgan fingerprint density at radius 1 is 0.735 bits per heavy atom. The molecule has 0 radical (unpaired) electrons. The minimum atomic E-state index is -3.36. The highest BCUT2D eigenvalue weighted by Gasteiger charge is 2.43. The van der Waals surface area contributed by atoms with Gasteiger partial charge >= 0.3 is 5.97 Å². The van der Waals surface area contributed by atoms with Crippen LogP contribution < -0.4 is 25.7 Å². The van der Waals surface area contributed by atoms with Crippen LogP contribution in [0.5, 0.6) is 0 Å². The zero-order valence-electron chi connectivity index (χ0n) is 29.2. The van der Waals surface area contributed by atoms with Gasteiger partial charge in [0.25, 0.3) is 11.8 Å². The average molecular weight is 678 g/mol. The number of imide groups is 1. The number of anilines is 2. The van der Waals surface area contributed by atoms with Crippen LogP contribution in [0.2, 0.25) is 0 Å². The molecule has 6 rings (SSSR count). The van der Waals surface area contributed by atoms with Gasteiger partial charge in [0.1, 0.15) is 0 Å². The Morgan fingerprint density at radius 2 is 1.20 bits per heavy atom. The molecule has 0 atom stereocenters. The molecule has 0 bridgehead atoms. The second kappa shape index (κ2) is 13.7. The van der Waals surface area contributed by atoms with E-state index >= 15 is 4.57 Å². The largest absolute Gasteiger partial charge is 0.372 e. The van der Waals surface area contributed by atoms with Gasteiger partial charge in [-0.05, 0) is 106 Å². The molecular weight excluding hydrogens is 633 g/mol. The Morgan fingerprint density at radius 3 is 1.65 bits per heavy atom. The quantitative estimate of drug-likeness (QED) is 0.126. The van der Waals surface area contributed by atoms with Crippen molar-refractivity contribution in [3.05, 3.63) is 112 Å². The summed E-state index contributed by atoms with van der Waals surface area (Å²) in [6.45, 7) is 15.7. The van der Waals surface area contributed by atoms with Crippen molar-refractivity contribution in [1.82, 2.24) is 5.06 Å². The summed E-state index contributed by atoms with van der Waals surface area (Å²) in [5.41, 5.74) is 6.97. The van der Waals surface area contributed by atoms with Gasteiger partial charge in [0.05, 0.1) is 5.56 Å². The normalized spacial score (nSPS) is 18.2.